The van der Waals surface area contributed by atoms with E-state index in [1.807, 2.05) is 12.1 Å². The van der Waals surface area contributed by atoms with Crippen LogP contribution in [0.4, 0.5) is 28.4 Å². The number of hydrogen-bond acceptors (Lipinski definition) is 13. The van der Waals surface area contributed by atoms with E-state index in [0.29, 0.717) is 10.8 Å². The third-order valence-electron chi connectivity index (χ3n) is 6.62. The summed E-state index contributed by atoms with van der Waals surface area (Å²) in [5, 5.41) is 76.0. The molecular weight excluding hydrogens is 682 g/mol. The Hall–Kier alpha value is -5.92. The van der Waals surface area contributed by atoms with Crippen LogP contribution in [0, 0.1) is 10.1 Å². The first kappa shape index (κ1) is 34.9. The van der Waals surface area contributed by atoms with E-state index in [1.165, 1.54) is 18.2 Å². The van der Waals surface area contributed by atoms with Crippen LogP contribution in [-0.4, -0.2) is 17.9 Å². The van der Waals surface area contributed by atoms with Gasteiger partial charge in [-0.05, 0) is 29.0 Å². The molecule has 0 heterocycles. The van der Waals surface area contributed by atoms with E-state index in [9.17, 15) is 43.5 Å². The molecule has 6 aromatic carbocycles. The van der Waals surface area contributed by atoms with Crippen molar-refractivity contribution < 1.29 is 58.5 Å². The molecule has 0 bridgehead atoms. The van der Waals surface area contributed by atoms with Gasteiger partial charge in [-0.1, -0.05) is 102 Å². The van der Waals surface area contributed by atoms with Crippen LogP contribution in [0.5, 0.6) is 23.0 Å². The fourth-order valence-electron chi connectivity index (χ4n) is 4.31. The molecule has 16 heteroatoms. The summed E-state index contributed by atoms with van der Waals surface area (Å²) in [4.78, 5) is 9.36. The van der Waals surface area contributed by atoms with Gasteiger partial charge in [0.25, 0.3) is 5.69 Å². The number of benzene rings is 6. The number of hydrogen-bond donors (Lipinski definition) is 0. The van der Waals surface area contributed by atoms with E-state index in [-0.39, 0.29) is 54.4 Å². The van der Waals surface area contributed by atoms with Crippen LogP contribution in [0.2, 0.25) is 0 Å². The largest absolute Gasteiger partial charge is 3.00 e. The second-order valence-electron chi connectivity index (χ2n) is 9.66. The van der Waals surface area contributed by atoms with Crippen molar-refractivity contribution in [1.82, 2.24) is 0 Å². The fraction of sp³-hybridized carbons (Fsp3) is 0. The predicted molar refractivity (Wildman–Crippen MR) is 164 cm³/mol. The smallest absolute Gasteiger partial charge is 0.871 e. The SMILES string of the molecule is O=S(=O)([O-])c1ccc([O-])c(N=Nc2c([O-])ccc3ccccc23)c1.O=[N+]([O-])c1ccc(N=Nc2c([O-])ccc3ccccc23)c([O-])c1.[Cr+3].[H+].[H+]. The molecule has 14 nitrogen and oxygen atoms in total. The molecule has 0 spiro atoms. The van der Waals surface area contributed by atoms with Gasteiger partial charge in [0, 0.05) is 22.9 Å². The van der Waals surface area contributed by atoms with Gasteiger partial charge in [0.2, 0.25) is 0 Å². The second kappa shape index (κ2) is 14.7. The van der Waals surface area contributed by atoms with Crippen LogP contribution in [0.1, 0.15) is 2.85 Å². The van der Waals surface area contributed by atoms with Gasteiger partial charge in [-0.3, -0.25) is 10.1 Å². The maximum absolute atomic E-state index is 12.0. The van der Waals surface area contributed by atoms with E-state index in [2.05, 4.69) is 20.5 Å². The van der Waals surface area contributed by atoms with Gasteiger partial charge in [-0.25, -0.2) is 8.42 Å². The summed E-state index contributed by atoms with van der Waals surface area (Å²) in [6.07, 6.45) is 0. The number of azo groups is 2. The molecule has 0 saturated heterocycles. The zero-order valence-electron chi connectivity index (χ0n) is 26.1. The maximum Gasteiger partial charge on any atom is 3.00 e. The monoisotopic (exact) mass is 702 g/mol. The Labute approximate surface area is 285 Å². The first-order valence-corrected chi connectivity index (χ1v) is 14.8. The Morgan fingerprint density at radius 1 is 0.562 bits per heavy atom. The molecule has 0 aromatic heterocycles. The van der Waals surface area contributed by atoms with Crippen molar-refractivity contribution in [1.29, 1.82) is 0 Å². The zero-order valence-corrected chi connectivity index (χ0v) is 26.2. The third kappa shape index (κ3) is 7.89. The van der Waals surface area contributed by atoms with Gasteiger partial charge >= 0.3 is 20.2 Å². The molecule has 6 aromatic rings. The molecule has 0 N–H and O–H groups in total. The molecule has 0 aliphatic carbocycles. The summed E-state index contributed by atoms with van der Waals surface area (Å²) in [7, 11) is -4.72. The molecule has 0 saturated carbocycles. The van der Waals surface area contributed by atoms with Crippen molar-refractivity contribution in [2.24, 2.45) is 20.5 Å². The Bertz CT molecular complexity index is 2350. The molecule has 239 valence electrons. The van der Waals surface area contributed by atoms with Crippen LogP contribution in [0.15, 0.2) is 135 Å². The normalized spacial score (nSPS) is 11.4. The molecule has 0 aliphatic heterocycles. The van der Waals surface area contributed by atoms with Crippen LogP contribution in [0.25, 0.3) is 21.5 Å². The summed E-state index contributed by atoms with van der Waals surface area (Å²) in [6, 6.07) is 26.1. The van der Waals surface area contributed by atoms with E-state index >= 15 is 0 Å². The minimum Gasteiger partial charge on any atom is -0.871 e. The quantitative estimate of drug-likeness (QED) is 0.0874. The Balaban J connectivity index is 0.000000327. The molecule has 0 amide bonds. The number of nitrogens with zero attached hydrogens (tertiary/aromatic N) is 5. The van der Waals surface area contributed by atoms with E-state index < -0.39 is 37.2 Å². The summed E-state index contributed by atoms with van der Waals surface area (Å²) >= 11 is 0. The molecule has 0 aliphatic rings. The van der Waals surface area contributed by atoms with Gasteiger partial charge in [-0.2, -0.15) is 20.5 Å². The number of rotatable bonds is 6. The van der Waals surface area contributed by atoms with Crippen LogP contribution < -0.4 is 20.4 Å². The zero-order chi connectivity index (χ0) is 33.7. The van der Waals surface area contributed by atoms with Gasteiger partial charge in [0.1, 0.15) is 10.1 Å². The molecule has 1 radical (unpaired) electrons. The van der Waals surface area contributed by atoms with Gasteiger partial charge in [0.05, 0.1) is 32.6 Å². The standard InChI is InChI=1S/C16H11N3O4.C16H12N2O5S.Cr/c20-14-8-5-10-3-1-2-4-12(10)16(14)18-17-13-7-6-11(19(22)23)9-15(13)21;19-14-8-6-11(24(21,22)23)9-13(14)17-18-16-12-4-2-1-3-10(12)5-7-15(16)20;/h1-9,20-21H;1-9,19-20H,(H,21,22,23);/q;;+3/p-3. The summed E-state index contributed by atoms with van der Waals surface area (Å²) < 4.78 is 33.1. The number of fused-ring (bicyclic) bond motifs is 2. The van der Waals surface area contributed by atoms with Gasteiger partial charge in [0.15, 0.2) is 0 Å². The van der Waals surface area contributed by atoms with Crippen molar-refractivity contribution >= 4 is 60.1 Å². The van der Waals surface area contributed by atoms with Crippen LogP contribution >= 0.6 is 0 Å². The molecular formula is C32H20CrN5O9S. The summed E-state index contributed by atoms with van der Waals surface area (Å²) in [5.74, 6) is -1.95. The third-order valence-corrected chi connectivity index (χ3v) is 7.45. The molecule has 48 heavy (non-hydrogen) atoms. The molecule has 6 rings (SSSR count). The van der Waals surface area contributed by atoms with Crippen LogP contribution in [0.3, 0.4) is 0 Å². The molecule has 0 fully saturated rings. The van der Waals surface area contributed by atoms with Crippen molar-refractivity contribution in [3.63, 3.8) is 0 Å². The topological polar surface area (TPSA) is 242 Å². The van der Waals surface area contributed by atoms with Gasteiger partial charge < -0.3 is 25.0 Å². The average molecular weight is 703 g/mol. The predicted octanol–water partition coefficient (Wildman–Crippen LogP) is 5.84. The minimum atomic E-state index is -4.72. The Morgan fingerprint density at radius 3 is 1.56 bits per heavy atom. The number of nitro groups is 1. The Morgan fingerprint density at radius 2 is 1.06 bits per heavy atom. The minimum absolute atomic E-state index is 0. The van der Waals surface area contributed by atoms with Crippen molar-refractivity contribution in [2.75, 3.05) is 0 Å². The fourth-order valence-corrected chi connectivity index (χ4v) is 4.80. The second-order valence-corrected chi connectivity index (χ2v) is 11.0. The number of non-ortho nitro benzene ring substituents is 1. The Kier molecular flexibility index (Phi) is 10.7. The summed E-state index contributed by atoms with van der Waals surface area (Å²) in [5.41, 5.74) is -0.561. The molecule has 0 unspecified atom stereocenters. The first-order chi connectivity index (χ1) is 22.4. The molecule has 0 atom stereocenters. The van der Waals surface area contributed by atoms with Crippen molar-refractivity contribution in [2.45, 2.75) is 4.90 Å². The van der Waals surface area contributed by atoms with E-state index in [1.54, 1.807) is 48.5 Å². The van der Waals surface area contributed by atoms with Crippen LogP contribution in [-0.2, 0) is 27.5 Å². The van der Waals surface area contributed by atoms with E-state index in [4.69, 9.17) is 0 Å². The maximum atomic E-state index is 12.0. The van der Waals surface area contributed by atoms with Gasteiger partial charge in [-0.15, -0.1) is 0 Å². The van der Waals surface area contributed by atoms with E-state index in [0.717, 1.165) is 41.1 Å². The average Bonchev–Trinajstić information content (AvgIpc) is 3.04. The van der Waals surface area contributed by atoms with Crippen molar-refractivity contribution in [3.8, 4) is 23.0 Å². The van der Waals surface area contributed by atoms with Crippen molar-refractivity contribution in [3.05, 3.63) is 119 Å². The summed E-state index contributed by atoms with van der Waals surface area (Å²) in [6.45, 7) is 0. The first-order valence-electron chi connectivity index (χ1n) is 13.4. The number of nitro benzene ring substituents is 1.